The van der Waals surface area contributed by atoms with E-state index in [1.807, 2.05) is 0 Å². The van der Waals surface area contributed by atoms with Crippen molar-refractivity contribution in [2.24, 2.45) is 5.41 Å². The Hall–Kier alpha value is -1.10. The molecule has 17 heavy (non-hydrogen) atoms. The van der Waals surface area contributed by atoms with Crippen LogP contribution < -0.4 is 4.74 Å². The molecule has 0 bridgehead atoms. The Morgan fingerprint density at radius 1 is 1.41 bits per heavy atom. The summed E-state index contributed by atoms with van der Waals surface area (Å²) < 4.78 is 6.29. The summed E-state index contributed by atoms with van der Waals surface area (Å²) in [6, 6.07) is 4.51. The van der Waals surface area contributed by atoms with E-state index >= 15 is 0 Å². The molecule has 4 nitrogen and oxygen atoms in total. The maximum atomic E-state index is 10.6. The molecule has 0 aromatic heterocycles. The van der Waals surface area contributed by atoms with E-state index in [-0.39, 0.29) is 11.1 Å². The Kier molecular flexibility index (Phi) is 4.51. The van der Waals surface area contributed by atoms with Crippen LogP contribution in [0.5, 0.6) is 5.75 Å². The fourth-order valence-corrected chi connectivity index (χ4v) is 1.54. The minimum atomic E-state index is -0.428. The van der Waals surface area contributed by atoms with E-state index in [0.29, 0.717) is 12.4 Å². The third kappa shape index (κ3) is 4.73. The molecular formula is C12H16BrNO3. The van der Waals surface area contributed by atoms with Gasteiger partial charge >= 0.3 is 0 Å². The summed E-state index contributed by atoms with van der Waals surface area (Å²) >= 11 is 3.31. The average molecular weight is 302 g/mol. The minimum absolute atomic E-state index is 0.0407. The lowest BCUT2D eigenvalue weighted by atomic mass is 9.93. The molecule has 0 amide bonds. The second-order valence-corrected chi connectivity index (χ2v) is 5.89. The topological polar surface area (TPSA) is 52.4 Å². The number of halogens is 1. The van der Waals surface area contributed by atoms with Gasteiger partial charge in [0.05, 0.1) is 22.1 Å². The lowest BCUT2D eigenvalue weighted by molar-refractivity contribution is -0.385. The molecule has 0 unspecified atom stereocenters. The number of benzene rings is 1. The van der Waals surface area contributed by atoms with Crippen molar-refractivity contribution in [1.29, 1.82) is 0 Å². The van der Waals surface area contributed by atoms with Gasteiger partial charge in [-0.3, -0.25) is 10.1 Å². The Bertz CT molecular complexity index is 413. The lowest BCUT2D eigenvalue weighted by Gasteiger charge is -2.18. The number of hydrogen-bond donors (Lipinski definition) is 0. The molecule has 0 spiro atoms. The van der Waals surface area contributed by atoms with Gasteiger partial charge in [0, 0.05) is 6.07 Å². The zero-order chi connectivity index (χ0) is 13.1. The molecule has 1 rings (SSSR count). The second kappa shape index (κ2) is 5.49. The van der Waals surface area contributed by atoms with Gasteiger partial charge in [-0.1, -0.05) is 20.8 Å². The number of hydrogen-bond acceptors (Lipinski definition) is 3. The fourth-order valence-electron chi connectivity index (χ4n) is 1.18. The van der Waals surface area contributed by atoms with Gasteiger partial charge in [-0.15, -0.1) is 0 Å². The zero-order valence-corrected chi connectivity index (χ0v) is 11.8. The van der Waals surface area contributed by atoms with Gasteiger partial charge in [0.2, 0.25) is 0 Å². The Balaban J connectivity index is 2.70. The van der Waals surface area contributed by atoms with E-state index in [2.05, 4.69) is 36.7 Å². The van der Waals surface area contributed by atoms with E-state index in [1.54, 1.807) is 6.07 Å². The quantitative estimate of drug-likeness (QED) is 0.619. The summed E-state index contributed by atoms with van der Waals surface area (Å²) in [6.07, 6.45) is 0.891. The van der Waals surface area contributed by atoms with Crippen molar-refractivity contribution in [2.75, 3.05) is 6.61 Å². The van der Waals surface area contributed by atoms with Crippen LogP contribution in [0.25, 0.3) is 0 Å². The van der Waals surface area contributed by atoms with Crippen LogP contribution >= 0.6 is 15.9 Å². The number of ether oxygens (including phenoxy) is 1. The van der Waals surface area contributed by atoms with Crippen LogP contribution in [0, 0.1) is 15.5 Å². The molecule has 0 heterocycles. The largest absolute Gasteiger partial charge is 0.492 e. The second-order valence-electron chi connectivity index (χ2n) is 5.03. The minimum Gasteiger partial charge on any atom is -0.492 e. The van der Waals surface area contributed by atoms with Gasteiger partial charge in [-0.2, -0.15) is 0 Å². The molecule has 5 heteroatoms. The lowest BCUT2D eigenvalue weighted by Crippen LogP contribution is -2.11. The van der Waals surface area contributed by atoms with Gasteiger partial charge in [0.1, 0.15) is 5.75 Å². The summed E-state index contributed by atoms with van der Waals surface area (Å²) in [5, 5.41) is 10.6. The van der Waals surface area contributed by atoms with E-state index in [1.165, 1.54) is 12.1 Å². The monoisotopic (exact) mass is 301 g/mol. The summed E-state index contributed by atoms with van der Waals surface area (Å²) in [5.41, 5.74) is 0.228. The molecule has 94 valence electrons. The van der Waals surface area contributed by atoms with Crippen LogP contribution in [0.3, 0.4) is 0 Å². The van der Waals surface area contributed by atoms with Crippen molar-refractivity contribution >= 4 is 21.6 Å². The molecule has 0 radical (unpaired) electrons. The van der Waals surface area contributed by atoms with Crippen molar-refractivity contribution in [2.45, 2.75) is 27.2 Å². The molecule has 0 aliphatic rings. The Morgan fingerprint density at radius 3 is 2.59 bits per heavy atom. The van der Waals surface area contributed by atoms with Crippen LogP contribution in [0.2, 0.25) is 0 Å². The van der Waals surface area contributed by atoms with Gasteiger partial charge in [0.15, 0.2) is 0 Å². The smallest absolute Gasteiger partial charge is 0.273 e. The molecule has 0 saturated carbocycles. The molecule has 0 fully saturated rings. The van der Waals surface area contributed by atoms with E-state index in [0.717, 1.165) is 10.9 Å². The molecule has 0 N–H and O–H groups in total. The first-order valence-electron chi connectivity index (χ1n) is 5.36. The van der Waals surface area contributed by atoms with Crippen LogP contribution in [0.15, 0.2) is 22.7 Å². The first kappa shape index (κ1) is 14.0. The summed E-state index contributed by atoms with van der Waals surface area (Å²) in [7, 11) is 0. The van der Waals surface area contributed by atoms with Gasteiger partial charge in [0.25, 0.3) is 5.69 Å². The normalized spacial score (nSPS) is 11.3. The number of nitro groups is 1. The highest BCUT2D eigenvalue weighted by atomic mass is 79.9. The van der Waals surface area contributed by atoms with Crippen molar-refractivity contribution in [1.82, 2.24) is 0 Å². The van der Waals surface area contributed by atoms with Gasteiger partial charge < -0.3 is 4.74 Å². The van der Waals surface area contributed by atoms with Crippen LogP contribution in [0.4, 0.5) is 5.69 Å². The van der Waals surface area contributed by atoms with Crippen LogP contribution in [-0.2, 0) is 0 Å². The van der Waals surface area contributed by atoms with Crippen molar-refractivity contribution in [3.63, 3.8) is 0 Å². The summed E-state index contributed by atoms with van der Waals surface area (Å²) in [5.74, 6) is 0.517. The van der Waals surface area contributed by atoms with E-state index in [9.17, 15) is 10.1 Å². The zero-order valence-electron chi connectivity index (χ0n) is 10.2. The molecule has 0 aliphatic heterocycles. The number of non-ortho nitro benzene ring substituents is 1. The summed E-state index contributed by atoms with van der Waals surface area (Å²) in [6.45, 7) is 6.92. The molecule has 0 saturated heterocycles. The maximum absolute atomic E-state index is 10.6. The average Bonchev–Trinajstić information content (AvgIpc) is 2.18. The predicted molar refractivity (Wildman–Crippen MR) is 70.4 cm³/mol. The number of rotatable bonds is 4. The third-order valence-corrected chi connectivity index (χ3v) is 2.89. The van der Waals surface area contributed by atoms with Gasteiger partial charge in [-0.25, -0.2) is 0 Å². The fraction of sp³-hybridized carbons (Fsp3) is 0.500. The SMILES string of the molecule is CC(C)(C)CCOc1cc([N+](=O)[O-])ccc1Br. The Morgan fingerprint density at radius 2 is 2.06 bits per heavy atom. The van der Waals surface area contributed by atoms with E-state index in [4.69, 9.17) is 4.74 Å². The predicted octanol–water partition coefficient (Wildman–Crippen LogP) is 4.17. The van der Waals surface area contributed by atoms with Crippen molar-refractivity contribution < 1.29 is 9.66 Å². The molecule has 0 atom stereocenters. The third-order valence-electron chi connectivity index (χ3n) is 2.24. The molecule has 1 aromatic rings. The standard InChI is InChI=1S/C12H16BrNO3/c1-12(2,3)6-7-17-11-8-9(14(15)16)4-5-10(11)13/h4-5,8H,6-7H2,1-3H3. The molecule has 1 aromatic carbocycles. The van der Waals surface area contributed by atoms with Crippen molar-refractivity contribution in [3.8, 4) is 5.75 Å². The highest BCUT2D eigenvalue weighted by molar-refractivity contribution is 9.10. The maximum Gasteiger partial charge on any atom is 0.273 e. The first-order chi connectivity index (χ1) is 7.79. The van der Waals surface area contributed by atoms with Gasteiger partial charge in [-0.05, 0) is 33.8 Å². The molecular weight excluding hydrogens is 286 g/mol. The Labute approximate surface area is 109 Å². The number of nitro benzene ring substituents is 1. The van der Waals surface area contributed by atoms with Crippen molar-refractivity contribution in [3.05, 3.63) is 32.8 Å². The van der Waals surface area contributed by atoms with E-state index < -0.39 is 4.92 Å². The number of nitrogens with zero attached hydrogens (tertiary/aromatic N) is 1. The summed E-state index contributed by atoms with van der Waals surface area (Å²) in [4.78, 5) is 10.2. The van der Waals surface area contributed by atoms with Crippen LogP contribution in [0.1, 0.15) is 27.2 Å². The highest BCUT2D eigenvalue weighted by Crippen LogP contribution is 2.30. The van der Waals surface area contributed by atoms with Crippen LogP contribution in [-0.4, -0.2) is 11.5 Å². The molecule has 0 aliphatic carbocycles. The highest BCUT2D eigenvalue weighted by Gasteiger charge is 2.13. The first-order valence-corrected chi connectivity index (χ1v) is 6.16.